The molecule has 0 fully saturated rings. The third-order valence-corrected chi connectivity index (χ3v) is 0.979. The number of alkyl halides is 1. The molecule has 0 aliphatic heterocycles. The zero-order valence-electron chi connectivity index (χ0n) is 4.57. The smallest absolute Gasteiger partial charge is 0.106 e. The van der Waals surface area contributed by atoms with E-state index in [1.807, 2.05) is 13.0 Å². The number of ether oxygens (including phenoxy) is 1. The van der Waals surface area contributed by atoms with Crippen LogP contribution < -0.4 is 0 Å². The number of hydrogen-bond donors (Lipinski definition) is 0. The molecule has 0 saturated heterocycles. The maximum atomic E-state index is 5.37. The first-order chi connectivity index (χ1) is 3.35. The standard InChI is InChI=1S/C5H9ClO/c1-3-5(4-6)7-2/h3H,4H2,1-2H3/b5-3-. The maximum Gasteiger partial charge on any atom is 0.106 e. The molecule has 1 nitrogen and oxygen atoms in total. The molecule has 0 amide bonds. The summed E-state index contributed by atoms with van der Waals surface area (Å²) in [5.74, 6) is 1.29. The summed E-state index contributed by atoms with van der Waals surface area (Å²) in [7, 11) is 1.61. The van der Waals surface area contributed by atoms with E-state index in [2.05, 4.69) is 0 Å². The van der Waals surface area contributed by atoms with Gasteiger partial charge in [-0.3, -0.25) is 0 Å². The van der Waals surface area contributed by atoms with Gasteiger partial charge in [-0.1, -0.05) is 0 Å². The van der Waals surface area contributed by atoms with Crippen LogP contribution >= 0.6 is 11.6 Å². The minimum atomic E-state index is 0.465. The molecule has 2 heteroatoms. The topological polar surface area (TPSA) is 9.23 Å². The lowest BCUT2D eigenvalue weighted by atomic mass is 10.5. The largest absolute Gasteiger partial charge is 0.500 e. The van der Waals surface area contributed by atoms with Crippen LogP contribution in [0.1, 0.15) is 6.92 Å². The molecular formula is C5H9ClO. The van der Waals surface area contributed by atoms with E-state index in [1.54, 1.807) is 7.11 Å². The monoisotopic (exact) mass is 120 g/mol. The second-order valence-electron chi connectivity index (χ2n) is 1.09. The van der Waals surface area contributed by atoms with Crippen LogP contribution in [0, 0.1) is 0 Å². The van der Waals surface area contributed by atoms with E-state index in [0.717, 1.165) is 5.76 Å². The third kappa shape index (κ3) is 2.52. The fourth-order valence-electron chi connectivity index (χ4n) is 0.250. The van der Waals surface area contributed by atoms with Gasteiger partial charge < -0.3 is 4.74 Å². The Balaban J connectivity index is 3.38. The Morgan fingerprint density at radius 2 is 2.43 bits per heavy atom. The summed E-state index contributed by atoms with van der Waals surface area (Å²) in [4.78, 5) is 0. The molecule has 42 valence electrons. The lowest BCUT2D eigenvalue weighted by Gasteiger charge is -1.96. The first-order valence-electron chi connectivity index (χ1n) is 2.10. The molecule has 0 rings (SSSR count). The van der Waals surface area contributed by atoms with Crippen LogP contribution in [0.2, 0.25) is 0 Å². The summed E-state index contributed by atoms with van der Waals surface area (Å²) in [6, 6.07) is 0. The molecule has 0 N–H and O–H groups in total. The summed E-state index contributed by atoms with van der Waals surface area (Å²) in [5, 5.41) is 0. The van der Waals surface area contributed by atoms with Gasteiger partial charge in [0.05, 0.1) is 13.0 Å². The van der Waals surface area contributed by atoms with Crippen LogP contribution in [0.4, 0.5) is 0 Å². The number of rotatable bonds is 2. The number of hydrogen-bond acceptors (Lipinski definition) is 1. The predicted molar refractivity (Wildman–Crippen MR) is 31.5 cm³/mol. The number of methoxy groups -OCH3 is 1. The van der Waals surface area contributed by atoms with E-state index in [-0.39, 0.29) is 0 Å². The summed E-state index contributed by atoms with van der Waals surface area (Å²) >= 11 is 5.37. The summed E-state index contributed by atoms with van der Waals surface area (Å²) < 4.78 is 4.78. The second kappa shape index (κ2) is 4.00. The molecule has 0 aromatic heterocycles. The fraction of sp³-hybridized carbons (Fsp3) is 0.600. The van der Waals surface area contributed by atoms with E-state index in [9.17, 15) is 0 Å². The van der Waals surface area contributed by atoms with Crippen molar-refractivity contribution >= 4 is 11.6 Å². The van der Waals surface area contributed by atoms with Crippen LogP contribution in [-0.4, -0.2) is 13.0 Å². The van der Waals surface area contributed by atoms with E-state index in [1.165, 1.54) is 0 Å². The quantitative estimate of drug-likeness (QED) is 0.399. The van der Waals surface area contributed by atoms with Crippen molar-refractivity contribution in [2.45, 2.75) is 6.92 Å². The third-order valence-electron chi connectivity index (χ3n) is 0.716. The Kier molecular flexibility index (Phi) is 3.90. The Hall–Kier alpha value is -0.170. The molecule has 0 spiro atoms. The number of allylic oxidation sites excluding steroid dienone is 2. The van der Waals surface area contributed by atoms with E-state index in [0.29, 0.717) is 5.88 Å². The van der Waals surface area contributed by atoms with Gasteiger partial charge in [0, 0.05) is 0 Å². The molecule has 0 aliphatic carbocycles. The van der Waals surface area contributed by atoms with Crippen molar-refractivity contribution in [1.82, 2.24) is 0 Å². The van der Waals surface area contributed by atoms with Crippen molar-refractivity contribution in [3.63, 3.8) is 0 Å². The SMILES string of the molecule is C/C=C(/CCl)OC. The van der Waals surface area contributed by atoms with E-state index < -0.39 is 0 Å². The van der Waals surface area contributed by atoms with Crippen LogP contribution in [0.15, 0.2) is 11.8 Å². The molecule has 7 heavy (non-hydrogen) atoms. The molecule has 0 atom stereocenters. The first-order valence-corrected chi connectivity index (χ1v) is 2.63. The predicted octanol–water partition coefficient (Wildman–Crippen LogP) is 1.78. The van der Waals surface area contributed by atoms with Gasteiger partial charge in [0.2, 0.25) is 0 Å². The van der Waals surface area contributed by atoms with E-state index in [4.69, 9.17) is 16.3 Å². The lowest BCUT2D eigenvalue weighted by molar-refractivity contribution is 0.294. The average molecular weight is 121 g/mol. The van der Waals surface area contributed by atoms with Crippen LogP contribution in [0.3, 0.4) is 0 Å². The normalized spacial score (nSPS) is 11.6. The molecule has 0 unspecified atom stereocenters. The summed E-state index contributed by atoms with van der Waals surface area (Å²) in [6.45, 7) is 1.89. The average Bonchev–Trinajstić information content (AvgIpc) is 1.72. The van der Waals surface area contributed by atoms with Crippen molar-refractivity contribution in [3.8, 4) is 0 Å². The molecule has 0 saturated carbocycles. The highest BCUT2D eigenvalue weighted by Gasteiger charge is 1.84. The maximum absolute atomic E-state index is 5.37. The minimum Gasteiger partial charge on any atom is -0.500 e. The van der Waals surface area contributed by atoms with Gasteiger partial charge in [0.1, 0.15) is 5.76 Å². The van der Waals surface area contributed by atoms with Crippen molar-refractivity contribution in [2.24, 2.45) is 0 Å². The van der Waals surface area contributed by atoms with Crippen LogP contribution in [0.25, 0.3) is 0 Å². The zero-order valence-corrected chi connectivity index (χ0v) is 5.33. The van der Waals surface area contributed by atoms with Gasteiger partial charge >= 0.3 is 0 Å². The molecule has 0 heterocycles. The molecule has 0 aromatic rings. The van der Waals surface area contributed by atoms with Gasteiger partial charge in [-0.05, 0) is 13.0 Å². The summed E-state index contributed by atoms with van der Waals surface area (Å²) in [6.07, 6.45) is 1.84. The Bertz CT molecular complexity index is 62.5. The molecule has 0 aliphatic rings. The second-order valence-corrected chi connectivity index (χ2v) is 1.36. The molecule has 0 bridgehead atoms. The van der Waals surface area contributed by atoms with Gasteiger partial charge in [-0.25, -0.2) is 0 Å². The Morgan fingerprint density at radius 1 is 1.86 bits per heavy atom. The van der Waals surface area contributed by atoms with Gasteiger partial charge in [-0.15, -0.1) is 11.6 Å². The highest BCUT2D eigenvalue weighted by Crippen LogP contribution is 1.95. The molecule has 0 aromatic carbocycles. The lowest BCUT2D eigenvalue weighted by Crippen LogP contribution is -1.84. The highest BCUT2D eigenvalue weighted by molar-refractivity contribution is 6.19. The zero-order chi connectivity index (χ0) is 5.70. The Morgan fingerprint density at radius 3 is 2.43 bits per heavy atom. The van der Waals surface area contributed by atoms with Gasteiger partial charge in [-0.2, -0.15) is 0 Å². The first kappa shape index (κ1) is 6.83. The minimum absolute atomic E-state index is 0.465. The van der Waals surface area contributed by atoms with Gasteiger partial charge in [0.25, 0.3) is 0 Å². The van der Waals surface area contributed by atoms with Crippen LogP contribution in [0.5, 0.6) is 0 Å². The van der Waals surface area contributed by atoms with Crippen molar-refractivity contribution in [1.29, 1.82) is 0 Å². The molecule has 0 radical (unpaired) electrons. The molecular weight excluding hydrogens is 112 g/mol. The number of halogens is 1. The van der Waals surface area contributed by atoms with Crippen molar-refractivity contribution in [3.05, 3.63) is 11.8 Å². The van der Waals surface area contributed by atoms with Crippen molar-refractivity contribution < 1.29 is 4.74 Å². The Labute approximate surface area is 48.9 Å². The van der Waals surface area contributed by atoms with E-state index >= 15 is 0 Å². The highest BCUT2D eigenvalue weighted by atomic mass is 35.5. The van der Waals surface area contributed by atoms with Crippen LogP contribution in [-0.2, 0) is 4.74 Å². The van der Waals surface area contributed by atoms with Gasteiger partial charge in [0.15, 0.2) is 0 Å². The fourth-order valence-corrected chi connectivity index (χ4v) is 0.513. The summed E-state index contributed by atoms with van der Waals surface area (Å²) in [5.41, 5.74) is 0. The van der Waals surface area contributed by atoms with Crippen molar-refractivity contribution in [2.75, 3.05) is 13.0 Å².